The molecule has 3 amide bonds. The van der Waals surface area contributed by atoms with Gasteiger partial charge in [0, 0.05) is 26.7 Å². The molecule has 28 atom stereocenters. The Kier molecular flexibility index (Phi) is 45.1. The van der Waals surface area contributed by atoms with Crippen LogP contribution in [0.5, 0.6) is 0 Å². The van der Waals surface area contributed by atoms with Gasteiger partial charge in [-0.2, -0.15) is 0 Å². The predicted octanol–water partition coefficient (Wildman–Crippen LogP) is -0.486. The molecule has 109 heavy (non-hydrogen) atoms. The highest BCUT2D eigenvalue weighted by molar-refractivity contribution is 5.77. The zero-order valence-electron chi connectivity index (χ0n) is 64.0. The van der Waals surface area contributed by atoms with Crippen molar-refractivity contribution in [1.29, 1.82) is 0 Å². The molecule has 0 bridgehead atoms. The molecule has 0 unspecified atom stereocenters. The van der Waals surface area contributed by atoms with Gasteiger partial charge in [-0.3, -0.25) is 14.4 Å². The fraction of sp³-hybridized carbons (Fsp3) is 0.893. The lowest BCUT2D eigenvalue weighted by molar-refractivity contribution is -0.403. The Morgan fingerprint density at radius 3 is 1.44 bits per heavy atom. The summed E-state index contributed by atoms with van der Waals surface area (Å²) in [5.74, 6) is -7.72. The maximum absolute atomic E-state index is 13.8. The lowest BCUT2D eigenvalue weighted by Crippen LogP contribution is -2.72. The number of aliphatic hydroxyl groups excluding tert-OH is 16. The zero-order valence-corrected chi connectivity index (χ0v) is 64.0. The Hall–Kier alpha value is -3.68. The highest BCUT2D eigenvalue weighted by atomic mass is 16.8. The second kappa shape index (κ2) is 51.3. The van der Waals surface area contributed by atoms with Gasteiger partial charge in [-0.1, -0.05) is 167 Å². The molecule has 0 aromatic heterocycles. The van der Waals surface area contributed by atoms with Crippen LogP contribution in [0.3, 0.4) is 0 Å². The van der Waals surface area contributed by atoms with Crippen molar-refractivity contribution >= 4 is 23.7 Å². The first-order valence-corrected chi connectivity index (χ1v) is 39.7. The summed E-state index contributed by atoms with van der Waals surface area (Å²) in [7, 11) is 0. The number of nitrogens with one attached hydrogen (secondary N) is 3. The van der Waals surface area contributed by atoms with E-state index in [4.69, 9.17) is 47.4 Å². The summed E-state index contributed by atoms with van der Waals surface area (Å²) in [6.07, 6.45) is -12.9. The van der Waals surface area contributed by atoms with Crippen LogP contribution in [0, 0.1) is 0 Å². The molecule has 0 aromatic carbocycles. The molecule has 34 heteroatoms. The van der Waals surface area contributed by atoms with E-state index in [0.29, 0.717) is 12.8 Å². The molecule has 0 saturated carbocycles. The normalized spacial score (nSPS) is 34.3. The summed E-state index contributed by atoms with van der Waals surface area (Å²) in [5, 5.41) is 197. The summed E-state index contributed by atoms with van der Waals surface area (Å²) in [4.78, 5) is 53.0. The third kappa shape index (κ3) is 30.2. The number of allylic oxidation sites excluding steroid dienone is 3. The molecule has 0 aromatic rings. The number of ether oxygens (including phenoxy) is 10. The van der Waals surface area contributed by atoms with Crippen molar-refractivity contribution < 1.29 is 153 Å². The van der Waals surface area contributed by atoms with Crippen molar-refractivity contribution in [2.24, 2.45) is 0 Å². The van der Waals surface area contributed by atoms with E-state index >= 15 is 0 Å². The quantitative estimate of drug-likeness (QED) is 0.0270. The minimum absolute atomic E-state index is 0.121. The van der Waals surface area contributed by atoms with E-state index in [2.05, 4.69) is 41.9 Å². The van der Waals surface area contributed by atoms with Crippen LogP contribution in [0.4, 0.5) is 0 Å². The van der Waals surface area contributed by atoms with Crippen molar-refractivity contribution in [3.8, 4) is 0 Å². The number of hydrogen-bond donors (Lipinski definition) is 20. The van der Waals surface area contributed by atoms with Crippen LogP contribution < -0.4 is 16.0 Å². The highest BCUT2D eigenvalue weighted by Crippen LogP contribution is 2.41. The van der Waals surface area contributed by atoms with Gasteiger partial charge in [0.25, 0.3) is 5.79 Å². The Bertz CT molecular complexity index is 2590. The number of amides is 3. The maximum Gasteiger partial charge on any atom is 0.364 e. The molecule has 5 aliphatic heterocycles. The van der Waals surface area contributed by atoms with E-state index in [9.17, 15) is 106 Å². The average molecular weight is 1570 g/mol. The van der Waals surface area contributed by atoms with Gasteiger partial charge in [0.1, 0.15) is 116 Å². The molecule has 5 saturated heterocycles. The van der Waals surface area contributed by atoms with Crippen molar-refractivity contribution in [1.82, 2.24) is 16.0 Å². The predicted molar refractivity (Wildman–Crippen MR) is 387 cm³/mol. The number of aliphatic hydroxyl groups is 16. The Morgan fingerprint density at radius 2 is 0.917 bits per heavy atom. The molecule has 634 valence electrons. The van der Waals surface area contributed by atoms with Crippen LogP contribution in [0.1, 0.15) is 214 Å². The van der Waals surface area contributed by atoms with Gasteiger partial charge >= 0.3 is 5.97 Å². The molecule has 0 spiro atoms. The van der Waals surface area contributed by atoms with Gasteiger partial charge < -0.3 is 150 Å². The number of carboxylic acid groups (broad SMARTS) is 1. The fourth-order valence-electron chi connectivity index (χ4n) is 14.4. The van der Waals surface area contributed by atoms with Gasteiger partial charge in [0.05, 0.1) is 63.9 Å². The number of hydrogen-bond acceptors (Lipinski definition) is 30. The monoisotopic (exact) mass is 1570 g/mol. The lowest BCUT2D eigenvalue weighted by Gasteiger charge is -2.52. The molecule has 5 rings (SSSR count). The number of aliphatic carboxylic acids is 1. The number of rotatable bonds is 53. The molecule has 5 fully saturated rings. The third-order valence-corrected chi connectivity index (χ3v) is 20.7. The largest absolute Gasteiger partial charge is 0.477 e. The first kappa shape index (κ1) is 95.9. The second-order valence-corrected chi connectivity index (χ2v) is 29.6. The van der Waals surface area contributed by atoms with E-state index in [0.717, 1.165) is 78.1 Å². The Balaban J connectivity index is 1.39. The molecule has 0 aliphatic carbocycles. The van der Waals surface area contributed by atoms with Gasteiger partial charge in [-0.15, -0.1) is 0 Å². The number of carboxylic acids is 1. The fourth-order valence-corrected chi connectivity index (χ4v) is 14.4. The van der Waals surface area contributed by atoms with E-state index in [1.807, 2.05) is 6.08 Å². The van der Waals surface area contributed by atoms with Crippen LogP contribution in [-0.4, -0.2) is 321 Å². The van der Waals surface area contributed by atoms with E-state index in [-0.39, 0.29) is 6.42 Å². The average Bonchev–Trinajstić information content (AvgIpc) is 0.747. The molecular formula is C75H133N3O31. The third-order valence-electron chi connectivity index (χ3n) is 20.7. The highest BCUT2D eigenvalue weighted by Gasteiger charge is 2.62. The summed E-state index contributed by atoms with van der Waals surface area (Å²) < 4.78 is 60.1. The van der Waals surface area contributed by atoms with Crippen LogP contribution in [0.15, 0.2) is 24.3 Å². The van der Waals surface area contributed by atoms with E-state index in [1.54, 1.807) is 0 Å². The van der Waals surface area contributed by atoms with Crippen LogP contribution >= 0.6 is 0 Å². The number of carbonyl (C=O) groups excluding carboxylic acids is 3. The van der Waals surface area contributed by atoms with Crippen molar-refractivity contribution in [3.05, 3.63) is 24.3 Å². The van der Waals surface area contributed by atoms with Crippen molar-refractivity contribution in [2.75, 3.05) is 39.6 Å². The summed E-state index contributed by atoms with van der Waals surface area (Å²) in [6.45, 7) is 0.307. The Labute approximate surface area is 639 Å². The van der Waals surface area contributed by atoms with Crippen LogP contribution in [-0.2, 0) is 66.5 Å². The van der Waals surface area contributed by atoms with Crippen molar-refractivity contribution in [2.45, 2.75) is 385 Å². The summed E-state index contributed by atoms with van der Waals surface area (Å²) in [6, 6.07) is -4.82. The summed E-state index contributed by atoms with van der Waals surface area (Å²) in [5.41, 5.74) is 0. The van der Waals surface area contributed by atoms with Gasteiger partial charge in [0.2, 0.25) is 17.7 Å². The molecule has 0 radical (unpaired) electrons. The van der Waals surface area contributed by atoms with Gasteiger partial charge in [-0.05, 0) is 44.9 Å². The minimum atomic E-state index is -3.38. The van der Waals surface area contributed by atoms with Crippen LogP contribution in [0.2, 0.25) is 0 Å². The first-order valence-electron chi connectivity index (χ1n) is 39.7. The van der Waals surface area contributed by atoms with E-state index < -0.39 is 241 Å². The van der Waals surface area contributed by atoms with Crippen LogP contribution in [0.25, 0.3) is 0 Å². The lowest BCUT2D eigenvalue weighted by atomic mass is 9.88. The Morgan fingerprint density at radius 1 is 0.477 bits per heavy atom. The molecule has 5 aliphatic rings. The number of unbranched alkanes of at least 4 members (excludes halogenated alkanes) is 24. The number of carbonyl (C=O) groups is 4. The first-order chi connectivity index (χ1) is 52.3. The van der Waals surface area contributed by atoms with Gasteiger partial charge in [0.15, 0.2) is 25.2 Å². The minimum Gasteiger partial charge on any atom is -0.477 e. The van der Waals surface area contributed by atoms with Gasteiger partial charge in [-0.25, -0.2) is 4.79 Å². The smallest absolute Gasteiger partial charge is 0.364 e. The topological polar surface area (TPSA) is 541 Å². The molecule has 20 N–H and O–H groups in total. The molecule has 34 nitrogen and oxygen atoms in total. The standard InChI is InChI=1S/C75H133N3O31/c1-5-7-9-11-13-15-17-19-21-23-25-27-29-31-33-35-47(86)46(78-54(89)36-34-32-30-28-26-24-22-20-18-16-14-12-10-8-6-2)43-100-71-63(96)61(94)65(52(41-82)103-71)105-73-64(97)69(109-75(74(98)99)37-48(87)55(76-44(3)84)68(108-75)57(90)49(88)38-79)66(53(42-83)104-73)106-70-56(77-45(4)85)67(59(92)51(40-81)101-70)107-72-62(95)60(93)58(91)50(39-80)102-72/h20,22,33,35,46-53,55-73,79-83,86-88,90-97H,5-19,21,23-32,34,36-43H2,1-4H3,(H,76,84)(H,77,85)(H,78,89)(H,98,99)/b22-20+,35-33+/t46-,47+,48-,49+,50+,51+,52+,53+,55+,56+,57-,58-,59-,60-,61+,62+,63+,64+,65+,66-,67+,68-,69+,70-,71+,72-,73-,75-/m0/s1. The zero-order chi connectivity index (χ0) is 80.2. The second-order valence-electron chi connectivity index (χ2n) is 29.6. The summed E-state index contributed by atoms with van der Waals surface area (Å²) >= 11 is 0. The maximum atomic E-state index is 13.8. The van der Waals surface area contributed by atoms with E-state index in [1.165, 1.54) is 102 Å². The molecule has 5 heterocycles. The molecular weight excluding hydrogens is 1440 g/mol. The SMILES string of the molecule is CCCCCCCC/C=C/CCCCCCCC(=O)N[C@@H](CO[C@@H]1O[C@H](CO)[C@@H](O[C@@H]2O[C@H](CO)[C@H](O[C@@H]3O[C@H](CO)[C@H](O)[C@H](O[C@@H]4O[C@H](CO)[C@H](O)[C@H](O)[C@H]4O)[C@H]3NC(C)=O)[C@H](O[C@]3(C(=O)O)C[C@H](O)[C@@H](NC(C)=O)[C@@H]([C@@H](O)[C@H](O)CO)O3)[C@H]2O)[C@H](O)[C@H]1O)[C@H](O)/C=C/CCCCCCCCCCCCCCC. The van der Waals surface area contributed by atoms with Crippen molar-refractivity contribution in [3.63, 3.8) is 0 Å².